The molecular formula is C12H13FN4O2S. The third kappa shape index (κ3) is 3.15. The Labute approximate surface area is 117 Å². The quantitative estimate of drug-likeness (QED) is 0.709. The molecule has 0 atom stereocenters. The van der Waals surface area contributed by atoms with E-state index in [0.29, 0.717) is 6.54 Å². The molecule has 1 aromatic heterocycles. The lowest BCUT2D eigenvalue weighted by molar-refractivity contribution is -0.115. The Morgan fingerprint density at radius 2 is 2.35 bits per heavy atom. The fourth-order valence-corrected chi connectivity index (χ4v) is 2.58. The van der Waals surface area contributed by atoms with E-state index in [-0.39, 0.29) is 26.9 Å². The summed E-state index contributed by atoms with van der Waals surface area (Å²) in [4.78, 5) is 23.8. The Morgan fingerprint density at radius 3 is 2.85 bits per heavy atom. The molecule has 0 bridgehead atoms. The number of nitrogens with two attached hydrogens (primary N) is 1. The van der Waals surface area contributed by atoms with Gasteiger partial charge in [-0.25, -0.2) is 4.39 Å². The van der Waals surface area contributed by atoms with Crippen LogP contribution in [-0.4, -0.2) is 23.7 Å². The van der Waals surface area contributed by atoms with E-state index in [4.69, 9.17) is 11.0 Å². The molecule has 106 valence electrons. The number of hydrogen-bond acceptors (Lipinski definition) is 5. The number of rotatable bonds is 4. The Kier molecular flexibility index (Phi) is 5.72. The minimum Gasteiger partial charge on any atom is -0.398 e. The zero-order chi connectivity index (χ0) is 15.1. The van der Waals surface area contributed by atoms with Crippen molar-refractivity contribution < 1.29 is 9.18 Å². The second-order valence-corrected chi connectivity index (χ2v) is 4.53. The molecule has 1 heterocycles. The van der Waals surface area contributed by atoms with Gasteiger partial charge >= 0.3 is 0 Å². The summed E-state index contributed by atoms with van der Waals surface area (Å²) in [7, 11) is 0. The Bertz CT molecular complexity index is 750. The van der Waals surface area contributed by atoms with Gasteiger partial charge in [0.05, 0.1) is 0 Å². The standard InChI is InChI=1S/C12H13FN4O2S/c1-2-17-11(19)9(3-5-14)20-12(17)8(7-15)10(18)16-6-4-13/h5H,2,4,6,14H2,1H3,(H,16,18)/b12-8-. The predicted molar refractivity (Wildman–Crippen MR) is 73.7 cm³/mol. The number of amides is 1. The Morgan fingerprint density at radius 1 is 1.65 bits per heavy atom. The van der Waals surface area contributed by atoms with E-state index < -0.39 is 12.6 Å². The SMILES string of the molecule is CCn1c(=O)c(=C=CN)s/c1=C(/C#N)C(=O)NCCF. The molecule has 0 aliphatic carbocycles. The van der Waals surface area contributed by atoms with Crippen LogP contribution in [0, 0.1) is 11.3 Å². The molecule has 20 heavy (non-hydrogen) atoms. The topological polar surface area (TPSA) is 101 Å². The fraction of sp³-hybridized carbons (Fsp3) is 0.333. The molecule has 6 nitrogen and oxygen atoms in total. The summed E-state index contributed by atoms with van der Waals surface area (Å²) in [6, 6.07) is 1.75. The van der Waals surface area contributed by atoms with E-state index >= 15 is 0 Å². The van der Waals surface area contributed by atoms with Crippen molar-refractivity contribution in [3.63, 3.8) is 0 Å². The molecule has 0 aliphatic heterocycles. The largest absolute Gasteiger partial charge is 0.398 e. The Balaban J connectivity index is 3.65. The molecule has 0 unspecified atom stereocenters. The first-order valence-electron chi connectivity index (χ1n) is 5.75. The van der Waals surface area contributed by atoms with Gasteiger partial charge in [-0.2, -0.15) is 5.26 Å². The molecule has 0 spiro atoms. The third-order valence-electron chi connectivity index (χ3n) is 2.35. The van der Waals surface area contributed by atoms with E-state index in [1.54, 1.807) is 13.0 Å². The summed E-state index contributed by atoms with van der Waals surface area (Å²) in [6.45, 7) is 1.08. The van der Waals surface area contributed by atoms with Crippen LogP contribution in [0.15, 0.2) is 11.0 Å². The number of aromatic nitrogens is 1. The Hall–Kier alpha value is -2.36. The fourth-order valence-electron chi connectivity index (χ4n) is 1.50. The first-order valence-corrected chi connectivity index (χ1v) is 6.57. The number of thiazole rings is 1. The number of carbonyl (C=O) groups is 1. The number of alkyl halides is 1. The smallest absolute Gasteiger partial charge is 0.277 e. The molecule has 3 N–H and O–H groups in total. The normalized spacial score (nSPS) is 11.2. The van der Waals surface area contributed by atoms with E-state index in [1.165, 1.54) is 4.57 Å². The van der Waals surface area contributed by atoms with Gasteiger partial charge in [0.15, 0.2) is 5.57 Å². The maximum absolute atomic E-state index is 12.0. The number of halogens is 1. The van der Waals surface area contributed by atoms with Gasteiger partial charge in [-0.05, 0) is 6.92 Å². The summed E-state index contributed by atoms with van der Waals surface area (Å²) in [5, 5.41) is 11.4. The molecule has 8 heteroatoms. The number of nitrogens with one attached hydrogen (secondary N) is 1. The van der Waals surface area contributed by atoms with Crippen LogP contribution in [0.2, 0.25) is 0 Å². The highest BCUT2D eigenvalue weighted by Crippen LogP contribution is 1.92. The van der Waals surface area contributed by atoms with Crippen molar-refractivity contribution in [2.45, 2.75) is 13.5 Å². The van der Waals surface area contributed by atoms with Gasteiger partial charge in [0.25, 0.3) is 11.5 Å². The van der Waals surface area contributed by atoms with E-state index in [1.807, 2.05) is 0 Å². The van der Waals surface area contributed by atoms with Crippen LogP contribution in [0.25, 0.3) is 11.3 Å². The summed E-state index contributed by atoms with van der Waals surface area (Å²) >= 11 is 0.944. The van der Waals surface area contributed by atoms with Crippen molar-refractivity contribution in [2.24, 2.45) is 5.73 Å². The lowest BCUT2D eigenvalue weighted by atomic mass is 10.3. The molecule has 1 aromatic rings. The average Bonchev–Trinajstić information content (AvgIpc) is 2.74. The first-order chi connectivity index (χ1) is 9.60. The van der Waals surface area contributed by atoms with Crippen LogP contribution >= 0.6 is 11.3 Å². The highest BCUT2D eigenvalue weighted by Gasteiger charge is 2.14. The van der Waals surface area contributed by atoms with Gasteiger partial charge in [0.1, 0.15) is 21.9 Å². The number of hydrogen-bond donors (Lipinski definition) is 2. The lowest BCUT2D eigenvalue weighted by Crippen LogP contribution is -2.34. The van der Waals surface area contributed by atoms with E-state index in [9.17, 15) is 14.0 Å². The summed E-state index contributed by atoms with van der Waals surface area (Å²) in [5.74, 6) is -0.711. The van der Waals surface area contributed by atoms with Crippen molar-refractivity contribution in [3.8, 4) is 6.07 Å². The van der Waals surface area contributed by atoms with Gasteiger partial charge in [-0.1, -0.05) is 5.73 Å². The number of nitriles is 1. The predicted octanol–water partition coefficient (Wildman–Crippen LogP) is -1.46. The van der Waals surface area contributed by atoms with Crippen LogP contribution < -0.4 is 25.8 Å². The van der Waals surface area contributed by atoms with Crippen LogP contribution in [0.5, 0.6) is 0 Å². The summed E-state index contributed by atoms with van der Waals surface area (Å²) in [5.41, 5.74) is 7.15. The van der Waals surface area contributed by atoms with Gasteiger partial charge < -0.3 is 11.1 Å². The molecule has 0 aromatic carbocycles. The van der Waals surface area contributed by atoms with Gasteiger partial charge in [-0.15, -0.1) is 11.3 Å². The lowest BCUT2D eigenvalue weighted by Gasteiger charge is -2.01. The number of carbonyl (C=O) groups excluding carboxylic acids is 1. The molecular weight excluding hydrogens is 283 g/mol. The van der Waals surface area contributed by atoms with E-state index in [2.05, 4.69) is 11.0 Å². The first kappa shape index (κ1) is 15.7. The summed E-state index contributed by atoms with van der Waals surface area (Å²) in [6.07, 6.45) is 1.09. The minimum absolute atomic E-state index is 0.187. The van der Waals surface area contributed by atoms with Gasteiger partial charge in [0.2, 0.25) is 0 Å². The van der Waals surface area contributed by atoms with Crippen molar-refractivity contribution in [3.05, 3.63) is 25.7 Å². The maximum atomic E-state index is 12.0. The molecule has 1 amide bonds. The van der Waals surface area contributed by atoms with E-state index in [0.717, 1.165) is 17.5 Å². The van der Waals surface area contributed by atoms with Gasteiger partial charge in [-0.3, -0.25) is 14.2 Å². The molecule has 0 fully saturated rings. The second kappa shape index (κ2) is 7.28. The van der Waals surface area contributed by atoms with Crippen molar-refractivity contribution in [2.75, 3.05) is 13.2 Å². The molecule has 0 radical (unpaired) electrons. The molecule has 0 saturated heterocycles. The van der Waals surface area contributed by atoms with Gasteiger partial charge in [0, 0.05) is 19.3 Å². The maximum Gasteiger partial charge on any atom is 0.277 e. The minimum atomic E-state index is -0.732. The molecule has 0 saturated carbocycles. The van der Waals surface area contributed by atoms with Crippen LogP contribution in [-0.2, 0) is 11.3 Å². The monoisotopic (exact) mass is 296 g/mol. The highest BCUT2D eigenvalue weighted by atomic mass is 32.1. The van der Waals surface area contributed by atoms with Crippen LogP contribution in [0.4, 0.5) is 4.39 Å². The van der Waals surface area contributed by atoms with Crippen LogP contribution in [0.1, 0.15) is 6.92 Å². The number of nitrogens with zero attached hydrogens (tertiary/aromatic N) is 2. The average molecular weight is 296 g/mol. The third-order valence-corrected chi connectivity index (χ3v) is 3.46. The second-order valence-electron chi connectivity index (χ2n) is 3.53. The van der Waals surface area contributed by atoms with Crippen molar-refractivity contribution in [1.29, 1.82) is 5.26 Å². The highest BCUT2D eigenvalue weighted by molar-refractivity contribution is 7.07. The van der Waals surface area contributed by atoms with Crippen molar-refractivity contribution in [1.82, 2.24) is 9.88 Å². The summed E-state index contributed by atoms with van der Waals surface area (Å²) < 4.78 is 13.7. The van der Waals surface area contributed by atoms with Crippen LogP contribution in [0.3, 0.4) is 0 Å². The zero-order valence-electron chi connectivity index (χ0n) is 10.8. The zero-order valence-corrected chi connectivity index (χ0v) is 11.6. The van der Waals surface area contributed by atoms with Crippen molar-refractivity contribution >= 4 is 28.5 Å². The molecule has 0 aliphatic rings. The molecule has 1 rings (SSSR count).